The molecule has 3 atom stereocenters. The lowest BCUT2D eigenvalue weighted by atomic mass is 10.0. The number of aliphatic carboxylic acids is 3. The Labute approximate surface area is 588 Å². The number of carbonyl (C=O) groups is 3. The number of carboxylic acids is 3. The molecule has 0 radical (unpaired) electrons. The van der Waals surface area contributed by atoms with Crippen LogP contribution in [0.2, 0.25) is 0 Å². The van der Waals surface area contributed by atoms with E-state index in [0.717, 1.165) is 149 Å². The number of aromatic nitrogens is 1. The van der Waals surface area contributed by atoms with Crippen LogP contribution in [0.1, 0.15) is 246 Å². The molecule has 0 aliphatic heterocycles. The normalized spacial score (nSPS) is 12.7. The van der Waals surface area contributed by atoms with Crippen molar-refractivity contribution >= 4 is 59.3 Å². The lowest BCUT2D eigenvalue weighted by Gasteiger charge is -2.23. The quantitative estimate of drug-likeness (QED) is 0.0193. The van der Waals surface area contributed by atoms with E-state index < -0.39 is 66.3 Å². The zero-order valence-electron chi connectivity index (χ0n) is 57.7. The van der Waals surface area contributed by atoms with Crippen LogP contribution in [0, 0.1) is 0 Å². The Kier molecular flexibility index (Phi) is 40.3. The van der Waals surface area contributed by atoms with Gasteiger partial charge in [0.1, 0.15) is 4.21 Å². The van der Waals surface area contributed by atoms with E-state index in [1.807, 2.05) is 72.8 Å². The molecule has 0 spiro atoms. The molecule has 0 fully saturated rings. The van der Waals surface area contributed by atoms with Gasteiger partial charge < -0.3 is 30.6 Å². The number of nitrogens with zero attached hydrogens (tertiary/aromatic N) is 4. The van der Waals surface area contributed by atoms with Crippen molar-refractivity contribution in [2.24, 2.45) is 0 Å². The standard InChI is InChI=1S/C26H37NO5S.C25H36N2O5S.C24H35NO5S2/c1-2-3-7-14-25(28)23-18-16-22(17-19-23)21-27(20-11-5-4-10-15-26(29)30)33(31,32)24-12-8-6-9-13-24;1-2-3-6-11-23(28)22-16-14-21(15-17-22)20-27(19-10-5-4-7-13-25(29)30)33(31,32)24-12-8-9-18-26-24;1-2-3-6-10-22(26)21-15-13-20(14-16-21)19-25(17-8-5-4-7-11-23(27)28)32(29,30)24-12-9-18-31-24/h6,8-9,12-13,16-19,25,28H,2-5,7,10-11,14-15,20-21H2,1H3,(H,29,30);8-9,12,14-18,23,28H,2-7,10-11,13,19-20H2,1H3,(H,29,30);9,12-16,18,22,26H,2-8,10-11,17,19H2,1H3,(H,27,28). The second-order valence-corrected chi connectivity index (χ2v) is 31.8. The lowest BCUT2D eigenvalue weighted by molar-refractivity contribution is -0.138. The Morgan fingerprint density at radius 3 is 1.06 bits per heavy atom. The van der Waals surface area contributed by atoms with Crippen molar-refractivity contribution in [2.75, 3.05) is 19.6 Å². The Balaban J connectivity index is 0.000000312. The highest BCUT2D eigenvalue weighted by atomic mass is 32.2. The van der Waals surface area contributed by atoms with Gasteiger partial charge in [0, 0.05) is 64.7 Å². The molecular formula is C75H108N4O15S4. The first-order valence-corrected chi connectivity index (χ1v) is 40.2. The lowest BCUT2D eigenvalue weighted by Crippen LogP contribution is -2.32. The summed E-state index contributed by atoms with van der Waals surface area (Å²) in [6.07, 6.45) is 20.5. The van der Waals surface area contributed by atoms with Crippen LogP contribution in [0.25, 0.3) is 0 Å². The van der Waals surface area contributed by atoms with Gasteiger partial charge in [0.25, 0.3) is 20.0 Å². The summed E-state index contributed by atoms with van der Waals surface area (Å²) in [4.78, 5) is 36.2. The molecule has 542 valence electrons. The van der Waals surface area contributed by atoms with Crippen LogP contribution in [-0.4, -0.2) is 111 Å². The molecule has 98 heavy (non-hydrogen) atoms. The van der Waals surface area contributed by atoms with E-state index in [0.29, 0.717) is 62.4 Å². The molecule has 0 amide bonds. The fourth-order valence-corrected chi connectivity index (χ4v) is 16.4. The second-order valence-electron chi connectivity index (χ2n) is 24.9. The number of benzene rings is 4. The minimum Gasteiger partial charge on any atom is -0.481 e. The number of sulfonamides is 3. The van der Waals surface area contributed by atoms with Crippen molar-refractivity contribution in [2.45, 2.75) is 246 Å². The molecule has 6 rings (SSSR count). The van der Waals surface area contributed by atoms with E-state index in [1.165, 1.54) is 36.5 Å². The van der Waals surface area contributed by atoms with Gasteiger partial charge >= 0.3 is 17.9 Å². The summed E-state index contributed by atoms with van der Waals surface area (Å²) in [6.45, 7) is 8.19. The molecule has 3 unspecified atom stereocenters. The van der Waals surface area contributed by atoms with Crippen LogP contribution in [0.4, 0.5) is 0 Å². The summed E-state index contributed by atoms with van der Waals surface area (Å²) in [7, 11) is -11.0. The van der Waals surface area contributed by atoms with Crippen molar-refractivity contribution < 1.29 is 70.3 Å². The van der Waals surface area contributed by atoms with E-state index in [-0.39, 0.29) is 48.8 Å². The van der Waals surface area contributed by atoms with Gasteiger partial charge in [0.2, 0.25) is 10.0 Å². The summed E-state index contributed by atoms with van der Waals surface area (Å²) in [5.74, 6) is -2.42. The third-order valence-electron chi connectivity index (χ3n) is 16.8. The largest absolute Gasteiger partial charge is 0.481 e. The predicted octanol–water partition coefficient (Wildman–Crippen LogP) is 16.0. The van der Waals surface area contributed by atoms with Crippen LogP contribution < -0.4 is 0 Å². The second kappa shape index (κ2) is 47.0. The van der Waals surface area contributed by atoms with Crippen molar-refractivity contribution in [3.8, 4) is 0 Å². The minimum absolute atomic E-state index is 0.0128. The first-order valence-electron chi connectivity index (χ1n) is 35.0. The van der Waals surface area contributed by atoms with Crippen molar-refractivity contribution in [3.05, 3.63) is 178 Å². The average Bonchev–Trinajstić information content (AvgIpc) is 1.08. The van der Waals surface area contributed by atoms with Crippen molar-refractivity contribution in [3.63, 3.8) is 0 Å². The minimum atomic E-state index is -3.77. The molecule has 0 aliphatic rings. The predicted molar refractivity (Wildman–Crippen MR) is 387 cm³/mol. The molecule has 23 heteroatoms. The summed E-state index contributed by atoms with van der Waals surface area (Å²) in [6, 6.07) is 39.1. The average molecular weight is 1430 g/mol. The topological polar surface area (TPSA) is 298 Å². The third-order valence-corrected chi connectivity index (χ3v) is 23.6. The molecule has 19 nitrogen and oxygen atoms in total. The van der Waals surface area contributed by atoms with Crippen LogP contribution >= 0.6 is 11.3 Å². The molecule has 0 saturated carbocycles. The maximum Gasteiger partial charge on any atom is 0.303 e. The summed E-state index contributed by atoms with van der Waals surface area (Å²) in [5.41, 5.74) is 5.13. The number of thiophene rings is 1. The highest BCUT2D eigenvalue weighted by molar-refractivity contribution is 7.91. The molecule has 0 saturated heterocycles. The van der Waals surface area contributed by atoms with Gasteiger partial charge in [-0.05, 0) is 127 Å². The molecular weight excluding hydrogens is 1330 g/mol. The van der Waals surface area contributed by atoms with Gasteiger partial charge in [-0.25, -0.2) is 30.2 Å². The first kappa shape index (κ1) is 84.2. The summed E-state index contributed by atoms with van der Waals surface area (Å²) >= 11 is 1.21. The molecule has 6 N–H and O–H groups in total. The van der Waals surface area contributed by atoms with Crippen molar-refractivity contribution in [1.29, 1.82) is 0 Å². The van der Waals surface area contributed by atoms with Gasteiger partial charge in [-0.2, -0.15) is 12.9 Å². The summed E-state index contributed by atoms with van der Waals surface area (Å²) in [5, 5.41) is 59.1. The Hall–Kier alpha value is -6.25. The number of aliphatic hydroxyl groups is 3. The molecule has 2 aromatic heterocycles. The molecule has 0 aliphatic carbocycles. The van der Waals surface area contributed by atoms with E-state index in [4.69, 9.17) is 15.3 Å². The Morgan fingerprint density at radius 1 is 0.388 bits per heavy atom. The van der Waals surface area contributed by atoms with Crippen LogP contribution in [0.15, 0.2) is 159 Å². The highest BCUT2D eigenvalue weighted by Crippen LogP contribution is 2.28. The van der Waals surface area contributed by atoms with Gasteiger partial charge in [-0.1, -0.05) is 220 Å². The number of pyridine rings is 1. The maximum absolute atomic E-state index is 13.3. The van der Waals surface area contributed by atoms with Gasteiger partial charge in [0.05, 0.1) is 23.2 Å². The third kappa shape index (κ3) is 31.9. The first-order chi connectivity index (χ1) is 47.0. The smallest absolute Gasteiger partial charge is 0.303 e. The van der Waals surface area contributed by atoms with Crippen LogP contribution in [-0.2, 0) is 64.1 Å². The Morgan fingerprint density at radius 2 is 0.735 bits per heavy atom. The van der Waals surface area contributed by atoms with Crippen LogP contribution in [0.3, 0.4) is 0 Å². The van der Waals surface area contributed by atoms with Gasteiger partial charge in [0.15, 0.2) is 5.03 Å². The SMILES string of the molecule is CCCCCC(O)c1ccc(CN(CCCCCCC(=O)O)S(=O)(=O)c2ccccc2)cc1.CCCCCC(O)c1ccc(CN(CCCCCCC(=O)O)S(=O)(=O)c2ccccn2)cc1.CCCCCC(O)c1ccc(CN(CCCCCCC(=O)O)S(=O)(=O)c2cccs2)cc1. The Bertz CT molecular complexity index is 3340. The van der Waals surface area contributed by atoms with E-state index >= 15 is 0 Å². The zero-order valence-corrected chi connectivity index (χ0v) is 61.0. The van der Waals surface area contributed by atoms with Gasteiger partial charge in [-0.15, -0.1) is 11.3 Å². The monoisotopic (exact) mass is 1430 g/mol. The number of carboxylic acid groups (broad SMARTS) is 3. The molecule has 0 bridgehead atoms. The zero-order chi connectivity index (χ0) is 71.6. The maximum atomic E-state index is 13.3. The number of unbranched alkanes of at least 4 members (excludes halogenated alkanes) is 15. The molecule has 2 heterocycles. The highest BCUT2D eigenvalue weighted by Gasteiger charge is 2.28. The molecule has 6 aromatic rings. The fourth-order valence-electron chi connectivity index (χ4n) is 10.9. The number of aliphatic hydroxyl groups excluding tert-OH is 3. The number of hydrogen-bond acceptors (Lipinski definition) is 14. The fraction of sp³-hybridized carbons (Fsp3) is 0.520. The number of rotatable bonds is 48. The van der Waals surface area contributed by atoms with E-state index in [9.17, 15) is 55.0 Å². The van der Waals surface area contributed by atoms with E-state index in [2.05, 4.69) is 25.8 Å². The number of hydrogen-bond donors (Lipinski definition) is 6. The summed E-state index contributed by atoms with van der Waals surface area (Å²) < 4.78 is 84.0. The molecule has 4 aromatic carbocycles. The van der Waals surface area contributed by atoms with Crippen molar-refractivity contribution in [1.82, 2.24) is 17.9 Å². The van der Waals surface area contributed by atoms with Gasteiger partial charge in [-0.3, -0.25) is 14.4 Å². The van der Waals surface area contributed by atoms with Crippen LogP contribution in [0.5, 0.6) is 0 Å². The van der Waals surface area contributed by atoms with E-state index in [1.54, 1.807) is 60.0 Å².